The Hall–Kier alpha value is -2.73. The van der Waals surface area contributed by atoms with Crippen molar-refractivity contribution in [1.29, 1.82) is 0 Å². The summed E-state index contributed by atoms with van der Waals surface area (Å²) in [5.41, 5.74) is 8.26. The molecular weight excluding hydrogens is 846 g/mol. The first-order chi connectivity index (χ1) is 25.3. The van der Waals surface area contributed by atoms with Crippen LogP contribution in [0.1, 0.15) is 84.7 Å². The Labute approximate surface area is 329 Å². The Kier molecular flexibility index (Phi) is 15.3. The standard InChI is InChI=1S/2C24H25.S.2Sn/c2*1-2-3-13-20-24(21-14-7-4-8-15-21,22-16-9-5-10-17-22)23-18-11-6-12-19-23;;;/h2*4-12,14-19H,1-3,13,20H2;;;. The van der Waals surface area contributed by atoms with Crippen molar-refractivity contribution in [2.75, 3.05) is 0 Å². The van der Waals surface area contributed by atoms with Crippen molar-refractivity contribution in [1.82, 2.24) is 0 Å². The fraction of sp³-hybridized carbons (Fsp3) is 0.250. The molecule has 0 amide bonds. The zero-order valence-electron chi connectivity index (χ0n) is 29.8. The van der Waals surface area contributed by atoms with Gasteiger partial charge in [-0.1, -0.05) is 0 Å². The molecule has 0 bridgehead atoms. The van der Waals surface area contributed by atoms with Gasteiger partial charge in [-0.05, 0) is 0 Å². The van der Waals surface area contributed by atoms with Crippen molar-refractivity contribution in [3.05, 3.63) is 215 Å². The zero-order valence-corrected chi connectivity index (χ0v) is 36.3. The molecule has 0 fully saturated rings. The molecule has 51 heavy (non-hydrogen) atoms. The van der Waals surface area contributed by atoms with Gasteiger partial charge in [0.2, 0.25) is 0 Å². The number of hydrogen-bond donors (Lipinski definition) is 0. The van der Waals surface area contributed by atoms with E-state index >= 15 is 0 Å². The number of rotatable bonds is 20. The number of unbranched alkanes of at least 4 members (excludes halogenated alkanes) is 4. The molecule has 256 valence electrons. The average molecular weight is 896 g/mol. The van der Waals surface area contributed by atoms with E-state index in [0.29, 0.717) is 0 Å². The van der Waals surface area contributed by atoms with Gasteiger partial charge in [0.1, 0.15) is 0 Å². The molecule has 0 aromatic heterocycles. The van der Waals surface area contributed by atoms with Gasteiger partial charge in [-0.25, -0.2) is 0 Å². The van der Waals surface area contributed by atoms with Gasteiger partial charge in [-0.3, -0.25) is 0 Å². The molecule has 0 atom stereocenters. The molecule has 4 radical (unpaired) electrons. The van der Waals surface area contributed by atoms with E-state index in [1.807, 2.05) is 0 Å². The SMILES string of the molecule is c1ccc(C(CCCC[CH2][Sn][S][Sn][CH2]CCCCC(c2ccccc2)(c2ccccc2)c2ccccc2)(c2ccccc2)c2ccccc2)cc1. The molecule has 0 heterocycles. The fourth-order valence-electron chi connectivity index (χ4n) is 7.88. The molecule has 0 N–H and O–H groups in total. The number of benzene rings is 6. The maximum atomic E-state index is 2.50. The third kappa shape index (κ3) is 9.83. The second kappa shape index (κ2) is 20.5. The first-order valence-electron chi connectivity index (χ1n) is 18.8. The van der Waals surface area contributed by atoms with Crippen LogP contribution in [0.2, 0.25) is 8.87 Å². The molecule has 0 saturated heterocycles. The van der Waals surface area contributed by atoms with Crippen LogP contribution in [-0.2, 0) is 10.8 Å². The third-order valence-corrected chi connectivity index (χ3v) is 35.7. The van der Waals surface area contributed by atoms with Gasteiger partial charge in [0.05, 0.1) is 0 Å². The Morgan fingerprint density at radius 3 is 0.765 bits per heavy atom. The van der Waals surface area contributed by atoms with Gasteiger partial charge >= 0.3 is 332 Å². The van der Waals surface area contributed by atoms with Crippen LogP contribution in [-0.4, -0.2) is 39.5 Å². The third-order valence-electron chi connectivity index (χ3n) is 10.4. The zero-order chi connectivity index (χ0) is 34.9. The summed E-state index contributed by atoms with van der Waals surface area (Å²) in [7, 11) is 0. The molecule has 3 heteroatoms. The van der Waals surface area contributed by atoms with Crippen molar-refractivity contribution >= 4 is 45.6 Å². The summed E-state index contributed by atoms with van der Waals surface area (Å²) in [6, 6.07) is 67.4. The summed E-state index contributed by atoms with van der Waals surface area (Å²) in [5.74, 6) is 0. The predicted octanol–water partition coefficient (Wildman–Crippen LogP) is 13.0. The van der Waals surface area contributed by atoms with E-state index in [9.17, 15) is 0 Å². The van der Waals surface area contributed by atoms with Crippen LogP contribution in [0.25, 0.3) is 0 Å². The van der Waals surface area contributed by atoms with Crippen LogP contribution in [0.5, 0.6) is 0 Å². The quantitative estimate of drug-likeness (QED) is 0.0418. The summed E-state index contributed by atoms with van der Waals surface area (Å²) in [4.78, 5) is 0. The molecule has 0 nitrogen and oxygen atoms in total. The average Bonchev–Trinajstić information content (AvgIpc) is 3.22. The fourth-order valence-corrected chi connectivity index (χ4v) is 32.6. The maximum absolute atomic E-state index is 2.50. The van der Waals surface area contributed by atoms with Gasteiger partial charge in [0.25, 0.3) is 0 Å². The summed E-state index contributed by atoms with van der Waals surface area (Å²) >= 11 is -0.552. The van der Waals surface area contributed by atoms with Crippen molar-refractivity contribution in [3.8, 4) is 0 Å². The molecule has 0 saturated carbocycles. The van der Waals surface area contributed by atoms with E-state index in [1.165, 1.54) is 80.8 Å². The monoisotopic (exact) mass is 898 g/mol. The van der Waals surface area contributed by atoms with Crippen molar-refractivity contribution < 1.29 is 0 Å². The van der Waals surface area contributed by atoms with Crippen LogP contribution < -0.4 is 0 Å². The molecule has 0 spiro atoms. The van der Waals surface area contributed by atoms with E-state index < -0.39 is 0 Å². The molecule has 6 aromatic rings. The summed E-state index contributed by atoms with van der Waals surface area (Å²) in [5, 5.41) is 0. The van der Waals surface area contributed by atoms with Crippen LogP contribution >= 0.6 is 6.13 Å². The van der Waals surface area contributed by atoms with Crippen molar-refractivity contribution in [2.45, 2.75) is 71.1 Å². The van der Waals surface area contributed by atoms with E-state index in [-0.39, 0.29) is 50.3 Å². The van der Waals surface area contributed by atoms with E-state index in [1.54, 1.807) is 0 Å². The van der Waals surface area contributed by atoms with Gasteiger partial charge in [0, 0.05) is 0 Å². The van der Waals surface area contributed by atoms with Crippen LogP contribution in [0.4, 0.5) is 0 Å². The van der Waals surface area contributed by atoms with Crippen molar-refractivity contribution in [3.63, 3.8) is 0 Å². The van der Waals surface area contributed by atoms with Gasteiger partial charge in [0.15, 0.2) is 0 Å². The Morgan fingerprint density at radius 2 is 0.529 bits per heavy atom. The molecule has 0 unspecified atom stereocenters. The first kappa shape index (κ1) is 38.0. The molecule has 0 aliphatic heterocycles. The summed E-state index contributed by atoms with van der Waals surface area (Å²) in [6.07, 6.45) is 12.8. The van der Waals surface area contributed by atoms with Crippen LogP contribution in [0, 0.1) is 0 Å². The molecule has 0 aliphatic rings. The Bertz CT molecular complexity index is 1470. The molecule has 0 aliphatic carbocycles. The van der Waals surface area contributed by atoms with Crippen LogP contribution in [0.15, 0.2) is 182 Å². The topological polar surface area (TPSA) is 0 Å². The van der Waals surface area contributed by atoms with Gasteiger partial charge < -0.3 is 0 Å². The van der Waals surface area contributed by atoms with E-state index in [2.05, 4.69) is 188 Å². The van der Waals surface area contributed by atoms with Gasteiger partial charge in [-0.15, -0.1) is 0 Å². The summed E-state index contributed by atoms with van der Waals surface area (Å²) in [6.45, 7) is 0. The normalized spacial score (nSPS) is 11.8. The second-order valence-corrected chi connectivity index (χ2v) is 35.6. The minimum atomic E-state index is -0.276. The number of hydrogen-bond acceptors (Lipinski definition) is 1. The van der Waals surface area contributed by atoms with Gasteiger partial charge in [-0.2, -0.15) is 0 Å². The Morgan fingerprint density at radius 1 is 0.294 bits per heavy atom. The minimum absolute atomic E-state index is 0.101. The van der Waals surface area contributed by atoms with E-state index in [0.717, 1.165) is 12.8 Å². The summed E-state index contributed by atoms with van der Waals surface area (Å²) < 4.78 is 3.05. The second-order valence-electron chi connectivity index (χ2n) is 13.5. The first-order valence-corrected chi connectivity index (χ1v) is 30.6. The molecular formula is C48H50SSn2. The predicted molar refractivity (Wildman–Crippen MR) is 224 cm³/mol. The molecule has 6 aromatic carbocycles. The van der Waals surface area contributed by atoms with E-state index in [4.69, 9.17) is 0 Å². The molecule has 6 rings (SSSR count). The Balaban J connectivity index is 0.953. The van der Waals surface area contributed by atoms with Crippen molar-refractivity contribution in [2.24, 2.45) is 0 Å². The van der Waals surface area contributed by atoms with Crippen LogP contribution in [0.3, 0.4) is 0 Å².